The molecule has 4 rings (SSSR count). The minimum absolute atomic E-state index is 0.0194. The van der Waals surface area contributed by atoms with Crippen molar-refractivity contribution in [3.63, 3.8) is 0 Å². The highest BCUT2D eigenvalue weighted by Crippen LogP contribution is 2.36. The quantitative estimate of drug-likeness (QED) is 0.679. The minimum atomic E-state index is -1.53. The Balaban J connectivity index is 1.64. The van der Waals surface area contributed by atoms with E-state index in [9.17, 15) is 14.3 Å². The first-order valence-electron chi connectivity index (χ1n) is 10.0. The molecule has 7 heteroatoms. The van der Waals surface area contributed by atoms with Crippen LogP contribution in [0.15, 0.2) is 36.5 Å². The molecule has 0 aliphatic carbocycles. The van der Waals surface area contributed by atoms with Crippen LogP contribution in [0.4, 0.5) is 4.39 Å². The van der Waals surface area contributed by atoms with E-state index in [0.29, 0.717) is 23.6 Å². The van der Waals surface area contributed by atoms with Gasteiger partial charge in [0.05, 0.1) is 24.2 Å². The molecule has 0 unspecified atom stereocenters. The highest BCUT2D eigenvalue weighted by atomic mass is 35.5. The van der Waals surface area contributed by atoms with Crippen molar-refractivity contribution in [3.05, 3.63) is 63.8 Å². The first-order valence-corrected chi connectivity index (χ1v) is 10.4. The smallest absolute Gasteiger partial charge is 0.227 e. The van der Waals surface area contributed by atoms with Gasteiger partial charge in [-0.05, 0) is 54.7 Å². The number of amides is 1. The number of aromatic nitrogens is 2. The zero-order chi connectivity index (χ0) is 21.6. The van der Waals surface area contributed by atoms with Crippen molar-refractivity contribution in [1.29, 1.82) is 0 Å². The number of nitrogens with zero attached hydrogens (tertiary/aromatic N) is 3. The van der Waals surface area contributed by atoms with Crippen LogP contribution in [0.2, 0.25) is 5.02 Å². The molecule has 1 N–H and O–H groups in total. The number of aryl methyl sites for hydroxylation is 1. The Bertz CT molecular complexity index is 1130. The van der Waals surface area contributed by atoms with Gasteiger partial charge < -0.3 is 10.0 Å². The third-order valence-corrected chi connectivity index (χ3v) is 6.56. The summed E-state index contributed by atoms with van der Waals surface area (Å²) in [6.07, 6.45) is 2.50. The number of rotatable bonds is 4. The standard InChI is InChI=1S/C23H25ClFN3O2/c1-14-15-5-4-6-19(23(2,30)13-25)16(15)9-10-28(14)22(29)11-17-18-12-26-27(3)21(18)8-7-20(17)24/h4-8,12,14,30H,9-11,13H2,1-3H3/t14-,23+/m0/s1. The molecule has 158 valence electrons. The zero-order valence-corrected chi connectivity index (χ0v) is 18.1. The van der Waals surface area contributed by atoms with Gasteiger partial charge in [-0.3, -0.25) is 9.48 Å². The molecule has 0 saturated heterocycles. The maximum Gasteiger partial charge on any atom is 0.227 e. The monoisotopic (exact) mass is 429 g/mol. The number of fused-ring (bicyclic) bond motifs is 2. The van der Waals surface area contributed by atoms with E-state index in [4.69, 9.17) is 11.6 Å². The summed E-state index contributed by atoms with van der Waals surface area (Å²) in [6.45, 7) is 3.11. The molecule has 2 aromatic carbocycles. The summed E-state index contributed by atoms with van der Waals surface area (Å²) in [4.78, 5) is 15.1. The second kappa shape index (κ2) is 7.67. The van der Waals surface area contributed by atoms with Crippen LogP contribution in [0.1, 0.15) is 42.1 Å². The molecule has 5 nitrogen and oxygen atoms in total. The van der Waals surface area contributed by atoms with Crippen LogP contribution in [-0.2, 0) is 30.3 Å². The molecule has 0 spiro atoms. The Morgan fingerprint density at radius 3 is 2.87 bits per heavy atom. The van der Waals surface area contributed by atoms with E-state index >= 15 is 0 Å². The Kier molecular flexibility index (Phi) is 5.32. The second-order valence-corrected chi connectivity index (χ2v) is 8.60. The first-order chi connectivity index (χ1) is 14.2. The van der Waals surface area contributed by atoms with Gasteiger partial charge in [-0.25, -0.2) is 4.39 Å². The summed E-state index contributed by atoms with van der Waals surface area (Å²) in [5.74, 6) is -0.0194. The van der Waals surface area contributed by atoms with Crippen LogP contribution in [0.5, 0.6) is 0 Å². The lowest BCUT2D eigenvalue weighted by atomic mass is 9.83. The molecule has 1 aliphatic rings. The fourth-order valence-corrected chi connectivity index (χ4v) is 4.71. The maximum atomic E-state index is 13.4. The number of hydrogen-bond donors (Lipinski definition) is 1. The maximum absolute atomic E-state index is 13.4. The molecule has 2 heterocycles. The fraction of sp³-hybridized carbons (Fsp3) is 0.391. The van der Waals surface area contributed by atoms with E-state index < -0.39 is 12.3 Å². The van der Waals surface area contributed by atoms with Crippen molar-refractivity contribution in [2.45, 2.75) is 38.3 Å². The predicted molar refractivity (Wildman–Crippen MR) is 115 cm³/mol. The van der Waals surface area contributed by atoms with Gasteiger partial charge in [0.2, 0.25) is 5.91 Å². The molecule has 1 aliphatic heterocycles. The molecule has 0 bridgehead atoms. The van der Waals surface area contributed by atoms with Crippen molar-refractivity contribution in [2.24, 2.45) is 7.05 Å². The number of carbonyl (C=O) groups excluding carboxylic acids is 1. The van der Waals surface area contributed by atoms with Crippen molar-refractivity contribution in [2.75, 3.05) is 13.2 Å². The van der Waals surface area contributed by atoms with E-state index in [1.165, 1.54) is 6.92 Å². The molecule has 0 radical (unpaired) electrons. The molecular formula is C23H25ClFN3O2. The summed E-state index contributed by atoms with van der Waals surface area (Å²) < 4.78 is 15.2. The van der Waals surface area contributed by atoms with Crippen LogP contribution >= 0.6 is 11.6 Å². The summed E-state index contributed by atoms with van der Waals surface area (Å²) in [6, 6.07) is 9.06. The summed E-state index contributed by atoms with van der Waals surface area (Å²) >= 11 is 6.43. The van der Waals surface area contributed by atoms with E-state index in [2.05, 4.69) is 5.10 Å². The van der Waals surface area contributed by atoms with Crippen LogP contribution in [-0.4, -0.2) is 38.9 Å². The third kappa shape index (κ3) is 3.38. The number of halogens is 2. The Morgan fingerprint density at radius 2 is 2.13 bits per heavy atom. The molecule has 1 amide bonds. The highest BCUT2D eigenvalue weighted by Gasteiger charge is 2.33. The van der Waals surface area contributed by atoms with Crippen LogP contribution in [0, 0.1) is 0 Å². The minimum Gasteiger partial charge on any atom is -0.383 e. The summed E-state index contributed by atoms with van der Waals surface area (Å²) in [5, 5.41) is 16.2. The summed E-state index contributed by atoms with van der Waals surface area (Å²) in [7, 11) is 1.86. The first kappa shape index (κ1) is 20.8. The average Bonchev–Trinajstić information content (AvgIpc) is 3.11. The number of alkyl halides is 1. The van der Waals surface area contributed by atoms with E-state index in [1.807, 2.05) is 37.1 Å². The predicted octanol–water partition coefficient (Wildman–Crippen LogP) is 4.09. The SMILES string of the molecule is C[C@H]1c2cccc([C@](C)(O)CF)c2CCN1C(=O)Cc1c(Cl)ccc2c1cnn2C. The van der Waals surface area contributed by atoms with Gasteiger partial charge in [-0.2, -0.15) is 5.10 Å². The Morgan fingerprint density at radius 1 is 1.37 bits per heavy atom. The van der Waals surface area contributed by atoms with Crippen LogP contribution in [0.25, 0.3) is 10.9 Å². The third-order valence-electron chi connectivity index (χ3n) is 6.21. The molecule has 0 fully saturated rings. The lowest BCUT2D eigenvalue weighted by Gasteiger charge is -2.38. The van der Waals surface area contributed by atoms with E-state index in [0.717, 1.165) is 27.6 Å². The molecular weight excluding hydrogens is 405 g/mol. The largest absolute Gasteiger partial charge is 0.383 e. The normalized spacial score (nSPS) is 18.3. The molecule has 2 atom stereocenters. The van der Waals surface area contributed by atoms with E-state index in [1.54, 1.807) is 23.0 Å². The van der Waals surface area contributed by atoms with Crippen LogP contribution in [0.3, 0.4) is 0 Å². The number of carbonyl (C=O) groups is 1. The van der Waals surface area contributed by atoms with Gasteiger partial charge in [0, 0.05) is 24.0 Å². The van der Waals surface area contributed by atoms with E-state index in [-0.39, 0.29) is 18.4 Å². The summed E-state index contributed by atoms with van der Waals surface area (Å²) in [5.41, 5.74) is 2.66. The van der Waals surface area contributed by atoms with Gasteiger partial charge in [0.1, 0.15) is 12.3 Å². The van der Waals surface area contributed by atoms with Gasteiger partial charge in [0.15, 0.2) is 0 Å². The topological polar surface area (TPSA) is 58.4 Å². The lowest BCUT2D eigenvalue weighted by Crippen LogP contribution is -2.41. The van der Waals surface area contributed by atoms with Crippen molar-refractivity contribution in [3.8, 4) is 0 Å². The Labute approximate surface area is 180 Å². The molecule has 0 saturated carbocycles. The highest BCUT2D eigenvalue weighted by molar-refractivity contribution is 6.32. The zero-order valence-electron chi connectivity index (χ0n) is 17.3. The van der Waals surface area contributed by atoms with Crippen LogP contribution < -0.4 is 0 Å². The van der Waals surface area contributed by atoms with Gasteiger partial charge in [-0.1, -0.05) is 29.8 Å². The average molecular weight is 430 g/mol. The lowest BCUT2D eigenvalue weighted by molar-refractivity contribution is -0.133. The fourth-order valence-electron chi connectivity index (χ4n) is 4.48. The number of hydrogen-bond acceptors (Lipinski definition) is 3. The molecule has 30 heavy (non-hydrogen) atoms. The Hall–Kier alpha value is -2.44. The van der Waals surface area contributed by atoms with Gasteiger partial charge >= 0.3 is 0 Å². The van der Waals surface area contributed by atoms with Gasteiger partial charge in [-0.15, -0.1) is 0 Å². The molecule has 3 aromatic rings. The van der Waals surface area contributed by atoms with Crippen molar-refractivity contribution >= 4 is 28.4 Å². The van der Waals surface area contributed by atoms with Crippen molar-refractivity contribution in [1.82, 2.24) is 14.7 Å². The van der Waals surface area contributed by atoms with Crippen molar-refractivity contribution < 1.29 is 14.3 Å². The number of benzene rings is 2. The van der Waals surface area contributed by atoms with Gasteiger partial charge in [0.25, 0.3) is 0 Å². The number of aliphatic hydroxyl groups is 1. The molecule has 1 aromatic heterocycles. The second-order valence-electron chi connectivity index (χ2n) is 8.20.